The number of alkyl halides is 1. The van der Waals surface area contributed by atoms with E-state index in [1.165, 1.54) is 57.1 Å². The summed E-state index contributed by atoms with van der Waals surface area (Å²) < 4.78 is 54.9. The van der Waals surface area contributed by atoms with Crippen LogP contribution in [0.2, 0.25) is 5.02 Å². The Kier molecular flexibility index (Phi) is 8.38. The highest BCUT2D eigenvalue weighted by atomic mass is 35.5. The molecule has 1 fully saturated rings. The minimum absolute atomic E-state index is 0.000488. The molecule has 11 nitrogen and oxygen atoms in total. The number of nitrogens with zero attached hydrogens (tertiary/aromatic N) is 2. The first-order valence-corrected chi connectivity index (χ1v) is 14.1. The molecule has 3 unspecified atom stereocenters. The highest BCUT2D eigenvalue weighted by Gasteiger charge is 2.39. The number of halogens is 2. The molecule has 3 amide bonds. The number of hydrogen-bond donors (Lipinski definition) is 2. The number of carbonyl (C=O) groups excluding carboxylic acids is 2. The molecule has 1 aromatic heterocycles. The van der Waals surface area contributed by atoms with Crippen molar-refractivity contribution >= 4 is 44.7 Å². The molecular weight excluding hydrogens is 567 g/mol. The Morgan fingerprint density at radius 1 is 1.25 bits per heavy atom. The second-order valence-corrected chi connectivity index (χ2v) is 11.7. The largest absolute Gasteiger partial charge is 0.422 e. The van der Waals surface area contributed by atoms with Gasteiger partial charge in [-0.3, -0.25) is 4.90 Å². The lowest BCUT2D eigenvalue weighted by Crippen LogP contribution is -2.59. The minimum atomic E-state index is -4.67. The molecule has 0 aliphatic carbocycles. The van der Waals surface area contributed by atoms with Crippen molar-refractivity contribution < 1.29 is 31.6 Å². The van der Waals surface area contributed by atoms with Gasteiger partial charge < -0.3 is 19.4 Å². The number of amides is 3. The Morgan fingerprint density at radius 2 is 1.93 bits per heavy atom. The normalized spacial score (nSPS) is 18.3. The van der Waals surface area contributed by atoms with Gasteiger partial charge in [0.2, 0.25) is 10.0 Å². The van der Waals surface area contributed by atoms with Gasteiger partial charge >= 0.3 is 17.7 Å². The number of benzene rings is 2. The van der Waals surface area contributed by atoms with Crippen molar-refractivity contribution in [1.29, 1.82) is 0 Å². The first-order valence-electron chi connectivity index (χ1n) is 12.2. The van der Waals surface area contributed by atoms with Crippen molar-refractivity contribution in [2.45, 2.75) is 31.4 Å². The number of aryl methyl sites for hydroxylation is 1. The van der Waals surface area contributed by atoms with E-state index in [0.717, 1.165) is 4.90 Å². The van der Waals surface area contributed by atoms with E-state index in [-0.39, 0.29) is 51.5 Å². The smallest absolute Gasteiger partial charge is 0.414 e. The van der Waals surface area contributed by atoms with Crippen LogP contribution in [0.4, 0.5) is 14.0 Å². The Morgan fingerprint density at radius 3 is 2.58 bits per heavy atom. The van der Waals surface area contributed by atoms with Crippen molar-refractivity contribution in [2.75, 3.05) is 27.2 Å². The summed E-state index contributed by atoms with van der Waals surface area (Å²) >= 11 is 6.35. The number of nitrogens with one attached hydrogen (secondary N) is 2. The fraction of sp³-hybridized carbons (Fsp3) is 0.346. The van der Waals surface area contributed by atoms with Crippen molar-refractivity contribution in [2.24, 2.45) is 0 Å². The number of piperazine rings is 1. The van der Waals surface area contributed by atoms with Crippen LogP contribution in [-0.2, 0) is 10.0 Å². The molecule has 1 saturated heterocycles. The van der Waals surface area contributed by atoms with Gasteiger partial charge in [-0.05, 0) is 31.0 Å². The van der Waals surface area contributed by atoms with Crippen LogP contribution in [0.15, 0.2) is 51.7 Å². The standard InChI is InChI=1S/C26H28ClFN4O7S/c1-14-17-12-18(27)20(39-26(35)31(3)4)13-19(17)38-24(33)21(14)22(16-8-6-5-7-9-16)40(36,37)30-25(34)32-11-10-29-15(2)23(32)28/h5-9,12-13,15,22-23,29H,10-11H2,1-4H3,(H,30,34). The van der Waals surface area contributed by atoms with E-state index in [1.807, 2.05) is 4.72 Å². The number of carbonyl (C=O) groups is 2. The van der Waals surface area contributed by atoms with E-state index in [4.69, 9.17) is 20.8 Å². The molecule has 2 N–H and O–H groups in total. The van der Waals surface area contributed by atoms with Crippen molar-refractivity contribution in [3.63, 3.8) is 0 Å². The molecule has 0 bridgehead atoms. The highest BCUT2D eigenvalue weighted by molar-refractivity contribution is 7.90. The van der Waals surface area contributed by atoms with Gasteiger partial charge in [-0.25, -0.2) is 31.9 Å². The predicted molar refractivity (Wildman–Crippen MR) is 147 cm³/mol. The molecule has 1 aliphatic rings. The first-order chi connectivity index (χ1) is 18.8. The van der Waals surface area contributed by atoms with E-state index in [9.17, 15) is 27.2 Å². The van der Waals surface area contributed by atoms with Crippen molar-refractivity contribution in [3.05, 3.63) is 74.6 Å². The Balaban J connectivity index is 1.82. The number of hydrogen-bond acceptors (Lipinski definition) is 8. The van der Waals surface area contributed by atoms with Crippen molar-refractivity contribution in [1.82, 2.24) is 19.8 Å². The monoisotopic (exact) mass is 594 g/mol. The maximum absolute atomic E-state index is 14.7. The second kappa shape index (κ2) is 11.4. The Bertz CT molecular complexity index is 1610. The van der Waals surface area contributed by atoms with Gasteiger partial charge in [-0.1, -0.05) is 41.9 Å². The quantitative estimate of drug-likeness (QED) is 0.338. The van der Waals surface area contributed by atoms with Gasteiger partial charge in [0.05, 0.1) is 16.6 Å². The van der Waals surface area contributed by atoms with Crippen LogP contribution in [0, 0.1) is 6.92 Å². The van der Waals surface area contributed by atoms with Gasteiger partial charge in [0, 0.05) is 38.6 Å². The molecular formula is C26H28ClFN4O7S. The fourth-order valence-corrected chi connectivity index (χ4v) is 6.20. The van der Waals surface area contributed by atoms with Gasteiger partial charge in [-0.15, -0.1) is 0 Å². The SMILES string of the molecule is Cc1c(C(c2ccccc2)S(=O)(=O)NC(=O)N2CCNC(C)C2F)c(=O)oc2cc(OC(=O)N(C)C)c(Cl)cc12. The molecule has 2 heterocycles. The average Bonchev–Trinajstić information content (AvgIpc) is 2.89. The molecule has 4 rings (SSSR count). The summed E-state index contributed by atoms with van der Waals surface area (Å²) in [5.74, 6) is -0.0614. The van der Waals surface area contributed by atoms with Crippen LogP contribution in [0.1, 0.15) is 28.9 Å². The summed E-state index contributed by atoms with van der Waals surface area (Å²) in [5.41, 5.74) is -0.878. The maximum atomic E-state index is 14.7. The molecule has 1 aliphatic heterocycles. The van der Waals surface area contributed by atoms with Gasteiger partial charge in [0.25, 0.3) is 0 Å². The predicted octanol–water partition coefficient (Wildman–Crippen LogP) is 3.53. The van der Waals surface area contributed by atoms with E-state index in [1.54, 1.807) is 18.2 Å². The number of fused-ring (bicyclic) bond motifs is 1. The van der Waals surface area contributed by atoms with Gasteiger partial charge in [0.15, 0.2) is 12.0 Å². The minimum Gasteiger partial charge on any atom is -0.422 e. The molecule has 0 saturated carbocycles. The summed E-state index contributed by atoms with van der Waals surface area (Å²) in [7, 11) is -1.71. The zero-order chi connectivity index (χ0) is 29.4. The molecule has 2 aromatic carbocycles. The molecule has 14 heteroatoms. The zero-order valence-corrected chi connectivity index (χ0v) is 23.7. The molecule has 40 heavy (non-hydrogen) atoms. The molecule has 0 radical (unpaired) electrons. The number of rotatable bonds is 5. The van der Waals surface area contributed by atoms with Crippen LogP contribution >= 0.6 is 11.6 Å². The van der Waals surface area contributed by atoms with Crippen LogP contribution in [0.25, 0.3) is 11.0 Å². The summed E-state index contributed by atoms with van der Waals surface area (Å²) in [4.78, 5) is 40.3. The summed E-state index contributed by atoms with van der Waals surface area (Å²) in [5, 5.41) is 1.47. The Labute approximate surface area is 234 Å². The van der Waals surface area contributed by atoms with E-state index in [0.29, 0.717) is 0 Å². The van der Waals surface area contributed by atoms with Crippen LogP contribution in [-0.4, -0.2) is 69.9 Å². The highest BCUT2D eigenvalue weighted by Crippen LogP contribution is 2.36. The van der Waals surface area contributed by atoms with E-state index >= 15 is 0 Å². The summed E-state index contributed by atoms with van der Waals surface area (Å²) in [6, 6.07) is 8.59. The maximum Gasteiger partial charge on any atom is 0.414 e. The van der Waals surface area contributed by atoms with Gasteiger partial charge in [-0.2, -0.15) is 0 Å². The lowest BCUT2D eigenvalue weighted by atomic mass is 9.99. The average molecular weight is 595 g/mol. The van der Waals surface area contributed by atoms with Gasteiger partial charge in [0.1, 0.15) is 10.8 Å². The number of ether oxygens (including phenoxy) is 1. The zero-order valence-electron chi connectivity index (χ0n) is 22.1. The van der Waals surface area contributed by atoms with Crippen LogP contribution in [0.3, 0.4) is 0 Å². The first kappa shape index (κ1) is 29.3. The van der Waals surface area contributed by atoms with Crippen LogP contribution in [0.5, 0.6) is 5.75 Å². The lowest BCUT2D eigenvalue weighted by Gasteiger charge is -2.35. The summed E-state index contributed by atoms with van der Waals surface area (Å²) in [6.45, 7) is 3.27. The van der Waals surface area contributed by atoms with E-state index in [2.05, 4.69) is 5.32 Å². The molecule has 3 atom stereocenters. The van der Waals surface area contributed by atoms with E-state index < -0.39 is 45.4 Å². The summed E-state index contributed by atoms with van der Waals surface area (Å²) in [6.07, 6.45) is -2.47. The number of sulfonamides is 1. The van der Waals surface area contributed by atoms with Crippen LogP contribution < -0.4 is 20.4 Å². The molecule has 3 aromatic rings. The van der Waals surface area contributed by atoms with Crippen molar-refractivity contribution in [3.8, 4) is 5.75 Å². The molecule has 0 spiro atoms. The third-order valence-electron chi connectivity index (χ3n) is 6.52. The number of urea groups is 1. The second-order valence-electron chi connectivity index (χ2n) is 9.52. The molecule has 214 valence electrons. The third-order valence-corrected chi connectivity index (χ3v) is 8.40. The third kappa shape index (κ3) is 5.76. The fourth-order valence-electron chi connectivity index (χ4n) is 4.42. The Hall–Kier alpha value is -3.68. The lowest BCUT2D eigenvalue weighted by molar-refractivity contribution is 0.0576. The topological polar surface area (TPSA) is 138 Å².